The van der Waals surface area contributed by atoms with E-state index in [-0.39, 0.29) is 11.2 Å². The van der Waals surface area contributed by atoms with E-state index in [0.29, 0.717) is 34.8 Å². The number of allylic oxidation sites excluding steroid dienone is 3. The first-order valence-electron chi connectivity index (χ1n) is 9.59. The highest BCUT2D eigenvalue weighted by molar-refractivity contribution is 9.10. The molecular weight excluding hydrogens is 482 g/mol. The van der Waals surface area contributed by atoms with Crippen LogP contribution in [0.2, 0.25) is 5.02 Å². The number of thiophene rings is 1. The van der Waals surface area contributed by atoms with Crippen LogP contribution in [0.15, 0.2) is 56.8 Å². The Bertz CT molecular complexity index is 1170. The number of nitrogens with zero attached hydrogens (tertiary/aromatic N) is 2. The molecule has 1 aliphatic heterocycles. The quantitative estimate of drug-likeness (QED) is 0.515. The average molecular weight is 503 g/mol. The summed E-state index contributed by atoms with van der Waals surface area (Å²) in [6, 6.07) is 9.87. The Labute approximate surface area is 193 Å². The van der Waals surface area contributed by atoms with Gasteiger partial charge in [-0.25, -0.2) is 0 Å². The summed E-state index contributed by atoms with van der Waals surface area (Å²) in [6.45, 7) is 6.16. The zero-order chi connectivity index (χ0) is 21.8. The number of nitriles is 1. The molecule has 1 aliphatic carbocycles. The third-order valence-electron chi connectivity index (χ3n) is 5.67. The zero-order valence-electron chi connectivity index (χ0n) is 16.9. The minimum atomic E-state index is -0.444. The SMILES string of the molecule is Cc1ccc(Cl)cc1N1C(N)=C(C#N)C(c2cc(Br)cs2)C2=C1CC(C)(C)CC2=O. The normalized spacial score (nSPS) is 21.0. The molecule has 0 spiro atoms. The van der Waals surface area contributed by atoms with Gasteiger partial charge in [-0.3, -0.25) is 9.69 Å². The lowest BCUT2D eigenvalue weighted by atomic mass is 9.69. The molecule has 0 fully saturated rings. The van der Waals surface area contributed by atoms with Crippen molar-refractivity contribution >= 4 is 50.3 Å². The highest BCUT2D eigenvalue weighted by Gasteiger charge is 2.45. The van der Waals surface area contributed by atoms with Crippen molar-refractivity contribution in [2.45, 2.75) is 39.5 Å². The highest BCUT2D eigenvalue weighted by Crippen LogP contribution is 2.51. The summed E-state index contributed by atoms with van der Waals surface area (Å²) >= 11 is 11.3. The Balaban J connectivity index is 2.03. The largest absolute Gasteiger partial charge is 0.384 e. The first-order chi connectivity index (χ1) is 14.1. The number of benzene rings is 1. The second-order valence-corrected chi connectivity index (χ2v) is 10.9. The van der Waals surface area contributed by atoms with Gasteiger partial charge in [0.25, 0.3) is 0 Å². The molecule has 1 atom stereocenters. The lowest BCUT2D eigenvalue weighted by molar-refractivity contribution is -0.118. The average Bonchev–Trinajstić information content (AvgIpc) is 3.08. The van der Waals surface area contributed by atoms with E-state index in [9.17, 15) is 10.1 Å². The van der Waals surface area contributed by atoms with Gasteiger partial charge in [0.05, 0.1) is 23.2 Å². The van der Waals surface area contributed by atoms with E-state index < -0.39 is 5.92 Å². The van der Waals surface area contributed by atoms with E-state index in [2.05, 4.69) is 35.8 Å². The topological polar surface area (TPSA) is 70.1 Å². The fraction of sp³-hybridized carbons (Fsp3) is 0.304. The minimum absolute atomic E-state index is 0.0701. The van der Waals surface area contributed by atoms with Crippen molar-refractivity contribution in [1.82, 2.24) is 0 Å². The third kappa shape index (κ3) is 3.49. The number of carbonyl (C=O) groups excluding carboxylic acids is 1. The van der Waals surface area contributed by atoms with Gasteiger partial charge < -0.3 is 5.73 Å². The first-order valence-corrected chi connectivity index (χ1v) is 11.6. The van der Waals surface area contributed by atoms with Crippen LogP contribution in [0.5, 0.6) is 0 Å². The van der Waals surface area contributed by atoms with Gasteiger partial charge in [-0.15, -0.1) is 11.3 Å². The van der Waals surface area contributed by atoms with E-state index in [1.165, 1.54) is 11.3 Å². The van der Waals surface area contributed by atoms with Crippen LogP contribution in [0.3, 0.4) is 0 Å². The monoisotopic (exact) mass is 501 g/mol. The maximum Gasteiger partial charge on any atom is 0.162 e. The van der Waals surface area contributed by atoms with Crippen LogP contribution in [0, 0.1) is 23.7 Å². The number of Topliss-reactive ketones (excluding diaryl/α,β-unsaturated/α-hetero) is 1. The Morgan fingerprint density at radius 3 is 2.70 bits per heavy atom. The molecule has 30 heavy (non-hydrogen) atoms. The number of rotatable bonds is 2. The van der Waals surface area contributed by atoms with Crippen molar-refractivity contribution in [3.8, 4) is 6.07 Å². The molecular formula is C23H21BrClN3OS. The van der Waals surface area contributed by atoms with Crippen LogP contribution in [-0.4, -0.2) is 5.78 Å². The van der Waals surface area contributed by atoms with Crippen LogP contribution in [-0.2, 0) is 4.79 Å². The number of halogens is 2. The van der Waals surface area contributed by atoms with Gasteiger partial charge in [-0.2, -0.15) is 5.26 Å². The summed E-state index contributed by atoms with van der Waals surface area (Å²) in [6.07, 6.45) is 1.12. The second-order valence-electron chi connectivity index (χ2n) is 8.58. The third-order valence-corrected chi connectivity index (χ3v) is 7.66. The minimum Gasteiger partial charge on any atom is -0.384 e. The summed E-state index contributed by atoms with van der Waals surface area (Å²) < 4.78 is 0.928. The predicted molar refractivity (Wildman–Crippen MR) is 125 cm³/mol. The van der Waals surface area contributed by atoms with E-state index in [4.69, 9.17) is 17.3 Å². The lowest BCUT2D eigenvalue weighted by Crippen LogP contribution is -2.42. The maximum absolute atomic E-state index is 13.4. The van der Waals surface area contributed by atoms with E-state index >= 15 is 0 Å². The van der Waals surface area contributed by atoms with Gasteiger partial charge in [0, 0.05) is 37.4 Å². The molecule has 0 radical (unpaired) electrons. The number of ketones is 1. The number of aryl methyl sites for hydroxylation is 1. The molecule has 154 valence electrons. The number of hydrogen-bond acceptors (Lipinski definition) is 5. The van der Waals surface area contributed by atoms with E-state index in [0.717, 1.165) is 26.3 Å². The van der Waals surface area contributed by atoms with Crippen LogP contribution < -0.4 is 10.6 Å². The van der Waals surface area contributed by atoms with Gasteiger partial charge in [0.2, 0.25) is 0 Å². The van der Waals surface area contributed by atoms with Crippen LogP contribution in [0.4, 0.5) is 5.69 Å². The number of carbonyl (C=O) groups is 1. The Hall–Kier alpha value is -2.07. The Morgan fingerprint density at radius 1 is 1.33 bits per heavy atom. The highest BCUT2D eigenvalue weighted by atomic mass is 79.9. The second kappa shape index (κ2) is 7.56. The fourth-order valence-electron chi connectivity index (χ4n) is 4.37. The molecule has 2 aliphatic rings. The van der Waals surface area contributed by atoms with Crippen molar-refractivity contribution < 1.29 is 4.79 Å². The molecule has 1 aromatic carbocycles. The first kappa shape index (κ1) is 21.2. The Kier molecular flexibility index (Phi) is 5.34. The molecule has 2 N–H and O–H groups in total. The van der Waals surface area contributed by atoms with Crippen molar-refractivity contribution in [2.24, 2.45) is 11.1 Å². The van der Waals surface area contributed by atoms with Gasteiger partial charge in [-0.05, 0) is 58.5 Å². The standard InChI is InChI=1S/C23H21BrClN3OS/c1-12-4-5-14(25)7-16(12)28-17-8-23(2,3)9-18(29)21(17)20(15(10-26)22(28)27)19-6-13(24)11-30-19/h4-7,11,20H,8-9,27H2,1-3H3. The zero-order valence-corrected chi connectivity index (χ0v) is 20.1. The number of nitrogens with two attached hydrogens (primary N) is 1. The Morgan fingerprint density at radius 2 is 2.07 bits per heavy atom. The van der Waals surface area contributed by atoms with Gasteiger partial charge in [0.15, 0.2) is 5.78 Å². The fourth-order valence-corrected chi connectivity index (χ4v) is 6.10. The summed E-state index contributed by atoms with van der Waals surface area (Å²) in [5.74, 6) is -0.0111. The van der Waals surface area contributed by atoms with E-state index in [1.54, 1.807) is 0 Å². The summed E-state index contributed by atoms with van der Waals surface area (Å²) in [5.41, 5.74) is 10.2. The molecule has 0 saturated heterocycles. The molecule has 0 amide bonds. The van der Waals surface area contributed by atoms with Crippen molar-refractivity contribution in [3.05, 3.63) is 72.2 Å². The lowest BCUT2D eigenvalue weighted by Gasteiger charge is -2.44. The summed E-state index contributed by atoms with van der Waals surface area (Å²) in [5, 5.41) is 12.6. The molecule has 4 rings (SSSR count). The molecule has 2 aromatic rings. The molecule has 0 saturated carbocycles. The van der Waals surface area contributed by atoms with Crippen LogP contribution in [0.25, 0.3) is 0 Å². The maximum atomic E-state index is 13.4. The van der Waals surface area contributed by atoms with Crippen LogP contribution in [0.1, 0.15) is 43.0 Å². The van der Waals surface area contributed by atoms with Crippen molar-refractivity contribution in [2.75, 3.05) is 4.90 Å². The van der Waals surface area contributed by atoms with Gasteiger partial charge in [-0.1, -0.05) is 31.5 Å². The summed E-state index contributed by atoms with van der Waals surface area (Å²) in [7, 11) is 0. The number of anilines is 1. The molecule has 7 heteroatoms. The number of hydrogen-bond donors (Lipinski definition) is 1. The van der Waals surface area contributed by atoms with Crippen LogP contribution >= 0.6 is 38.9 Å². The van der Waals surface area contributed by atoms with Crippen molar-refractivity contribution in [3.63, 3.8) is 0 Å². The summed E-state index contributed by atoms with van der Waals surface area (Å²) in [4.78, 5) is 16.3. The molecule has 0 bridgehead atoms. The van der Waals surface area contributed by atoms with Gasteiger partial charge in [0.1, 0.15) is 5.82 Å². The smallest absolute Gasteiger partial charge is 0.162 e. The van der Waals surface area contributed by atoms with Crippen molar-refractivity contribution in [1.29, 1.82) is 5.26 Å². The molecule has 4 nitrogen and oxygen atoms in total. The molecule has 2 heterocycles. The van der Waals surface area contributed by atoms with E-state index in [1.807, 2.05) is 41.5 Å². The molecule has 1 unspecified atom stereocenters. The van der Waals surface area contributed by atoms with Gasteiger partial charge >= 0.3 is 0 Å². The molecule has 1 aromatic heterocycles. The predicted octanol–water partition coefficient (Wildman–Crippen LogP) is 6.41.